The van der Waals surface area contributed by atoms with Crippen LogP contribution in [-0.2, 0) is 18.9 Å². The molecule has 2 aromatic carbocycles. The molecule has 0 radical (unpaired) electrons. The number of nitro groups is 2. The van der Waals surface area contributed by atoms with Crippen molar-refractivity contribution in [1.29, 1.82) is 0 Å². The molecule has 7 aromatic heterocycles. The van der Waals surface area contributed by atoms with Crippen LogP contribution in [0.3, 0.4) is 0 Å². The number of carbonyl (C=O) groups excluding carboxylic acids is 2. The number of halogens is 7. The Morgan fingerprint density at radius 2 is 0.860 bits per heavy atom. The Labute approximate surface area is 638 Å². The molecule has 2 amide bonds. The van der Waals surface area contributed by atoms with Gasteiger partial charge in [0.05, 0.1) is 108 Å². The molecule has 9 aromatic rings. The number of aryl methyl sites for hydroxylation is 1. The minimum absolute atomic E-state index is 0. The summed E-state index contributed by atoms with van der Waals surface area (Å²) in [6.45, 7) is 17.0. The molecular weight excluding hydrogens is 1500 g/mol. The number of morpholine rings is 4. The van der Waals surface area contributed by atoms with Gasteiger partial charge in [-0.3, -0.25) is 29.8 Å². The minimum atomic E-state index is -0.782. The number of hydrogen-bond acceptors (Lipinski definition) is 27. The van der Waals surface area contributed by atoms with E-state index < -0.39 is 45.5 Å². The number of anilines is 8. The Morgan fingerprint density at radius 1 is 0.495 bits per heavy atom. The van der Waals surface area contributed by atoms with Gasteiger partial charge in [0, 0.05) is 97.8 Å². The molecule has 38 heteroatoms. The topological polar surface area (TPSA) is 381 Å². The maximum absolute atomic E-state index is 13.9. The van der Waals surface area contributed by atoms with E-state index in [1.165, 1.54) is 54.7 Å². The molecule has 4 aliphatic heterocycles. The average molecular weight is 1580 g/mol. The standard InChI is InChI=1S/C23H22Cl2FN5O3.C22H21Cl2FN6O3.C9H11N3O3.C9H13N3O.C5H3ClN2O2.CH4/c1-13-19(34-14(2)21-16(24)4-5-17(26)22(21)25)11-18(30-29-13)23(32)28-15-3-6-20(27-12-15)31-7-9-33-10-8-31;1-12(19-14(23)3-4-15(25)20(19)24)34-17-10-16(29-30-21(17)26)22(32)28-13-2-5-18(27-11-13)31-6-8-33-9-7-31;13-12(14)8-1-2-9(10-7-8)11-3-5-15-6-4-11;10-8-1-2-9(11-7-8)12-3-5-13-6-4-12;6-5-2-1-4(3-7-5)8(9)10;/h3-6,11-12,14H,7-10H2,1-2H3,(H,28,32);2-5,10-12H,6-9H2,1H3,(H2,26,30)(H,28,32);1-2,7H,3-6H2;1-2,7H,3-6,10H2;1-3H;1H4. The summed E-state index contributed by atoms with van der Waals surface area (Å²) in [6, 6.07) is 24.7. The third kappa shape index (κ3) is 23.8. The molecule has 6 N–H and O–H groups in total. The van der Waals surface area contributed by atoms with Crippen molar-refractivity contribution in [1.82, 2.24) is 45.3 Å². The van der Waals surface area contributed by atoms with Crippen LogP contribution in [0.5, 0.6) is 11.5 Å². The maximum atomic E-state index is 13.9. The van der Waals surface area contributed by atoms with Crippen molar-refractivity contribution in [3.05, 3.63) is 213 Å². The van der Waals surface area contributed by atoms with Gasteiger partial charge in [-0.2, -0.15) is 5.10 Å². The van der Waals surface area contributed by atoms with E-state index in [9.17, 15) is 38.6 Å². The lowest BCUT2D eigenvalue weighted by molar-refractivity contribution is -0.385. The van der Waals surface area contributed by atoms with Crippen LogP contribution in [0.2, 0.25) is 25.2 Å². The number of rotatable bonds is 16. The number of hydrogen-bond donors (Lipinski definition) is 4. The van der Waals surface area contributed by atoms with E-state index in [1.807, 2.05) is 29.2 Å². The van der Waals surface area contributed by atoms with Gasteiger partial charge in [0.2, 0.25) is 0 Å². The highest BCUT2D eigenvalue weighted by molar-refractivity contribution is 6.36. The summed E-state index contributed by atoms with van der Waals surface area (Å²) in [4.78, 5) is 74.1. The van der Waals surface area contributed by atoms with Crippen molar-refractivity contribution < 1.29 is 56.6 Å². The second kappa shape index (κ2) is 40.4. The Morgan fingerprint density at radius 3 is 1.22 bits per heavy atom. The lowest BCUT2D eigenvalue weighted by Crippen LogP contribution is -2.36. The van der Waals surface area contributed by atoms with Crippen LogP contribution in [0.4, 0.5) is 66.3 Å². The summed E-state index contributed by atoms with van der Waals surface area (Å²) in [5, 5.41) is 42.0. The fourth-order valence-electron chi connectivity index (χ4n) is 10.2. The highest BCUT2D eigenvalue weighted by atomic mass is 35.5. The van der Waals surface area contributed by atoms with Gasteiger partial charge >= 0.3 is 0 Å². The summed E-state index contributed by atoms with van der Waals surface area (Å²) < 4.78 is 60.7. The van der Waals surface area contributed by atoms with Crippen molar-refractivity contribution in [3.8, 4) is 11.5 Å². The van der Waals surface area contributed by atoms with Crippen LogP contribution >= 0.6 is 58.0 Å². The number of nitrogens with one attached hydrogen (secondary N) is 2. The first-order valence-electron chi connectivity index (χ1n) is 32.5. The van der Waals surface area contributed by atoms with Crippen LogP contribution in [0, 0.1) is 38.8 Å². The number of nitrogens with two attached hydrogens (primary N) is 2. The predicted molar refractivity (Wildman–Crippen MR) is 403 cm³/mol. The summed E-state index contributed by atoms with van der Waals surface area (Å²) in [5.41, 5.74) is 14.1. The smallest absolute Gasteiger partial charge is 0.287 e. The van der Waals surface area contributed by atoms with Crippen molar-refractivity contribution in [3.63, 3.8) is 0 Å². The number of nitrogens with zero attached hydrogens (tertiary/aromatic N) is 15. The zero-order chi connectivity index (χ0) is 75.8. The second-order valence-electron chi connectivity index (χ2n) is 23.0. The first-order valence-corrected chi connectivity index (χ1v) is 34.4. The van der Waals surface area contributed by atoms with Gasteiger partial charge in [0.1, 0.15) is 76.1 Å². The van der Waals surface area contributed by atoms with Gasteiger partial charge in [-0.1, -0.05) is 65.4 Å². The molecule has 0 bridgehead atoms. The highest BCUT2D eigenvalue weighted by Gasteiger charge is 2.25. The van der Waals surface area contributed by atoms with Crippen LogP contribution < -0.4 is 51.2 Å². The molecule has 566 valence electrons. The fourth-order valence-corrected chi connectivity index (χ4v) is 11.6. The predicted octanol–water partition coefficient (Wildman–Crippen LogP) is 12.6. The van der Waals surface area contributed by atoms with E-state index in [0.717, 1.165) is 101 Å². The summed E-state index contributed by atoms with van der Waals surface area (Å²) in [6.07, 6.45) is 5.73. The van der Waals surface area contributed by atoms with Crippen molar-refractivity contribution in [2.75, 3.05) is 147 Å². The van der Waals surface area contributed by atoms with Gasteiger partial charge < -0.3 is 70.1 Å². The van der Waals surface area contributed by atoms with Gasteiger partial charge in [-0.25, -0.2) is 33.7 Å². The molecule has 2 unspecified atom stereocenters. The molecule has 13 rings (SSSR count). The van der Waals surface area contributed by atoms with E-state index in [-0.39, 0.29) is 72.6 Å². The maximum Gasteiger partial charge on any atom is 0.287 e. The molecule has 11 heterocycles. The number of pyridine rings is 5. The van der Waals surface area contributed by atoms with Crippen LogP contribution in [0.25, 0.3) is 0 Å². The quantitative estimate of drug-likeness (QED) is 0.0302. The van der Waals surface area contributed by atoms with Crippen LogP contribution in [0.1, 0.15) is 71.3 Å². The number of nitrogen functional groups attached to an aromatic ring is 2. The van der Waals surface area contributed by atoms with Crippen LogP contribution in [0.15, 0.2) is 128 Å². The number of amides is 2. The summed E-state index contributed by atoms with van der Waals surface area (Å²) in [5.74, 6) is 1.43. The molecule has 0 saturated carbocycles. The zero-order valence-corrected chi connectivity index (χ0v) is 60.8. The lowest BCUT2D eigenvalue weighted by Gasteiger charge is -2.27. The largest absolute Gasteiger partial charge is 0.484 e. The summed E-state index contributed by atoms with van der Waals surface area (Å²) >= 11 is 29.9. The van der Waals surface area contributed by atoms with E-state index in [1.54, 1.807) is 57.6 Å². The Hall–Kier alpha value is -10.4. The lowest BCUT2D eigenvalue weighted by atomic mass is 10.1. The SMILES string of the molecule is C.CC(Oc1cc(C(=O)Nc2ccc(N3CCOCC3)nc2)nnc1N)c1c(Cl)ccc(F)c1Cl.Cc1nnc(C(=O)Nc2ccc(N3CCOCC3)nc2)cc1OC(C)c1c(Cl)ccc(F)c1Cl.Nc1ccc(N2CCOCC2)nc1.O=[N+]([O-])c1ccc(Cl)nc1.O=[N+]([O-])c1ccc(N2CCOCC2)nc1. The molecule has 0 aliphatic carbocycles. The monoisotopic (exact) mass is 1570 g/mol. The van der Waals surface area contributed by atoms with E-state index in [4.69, 9.17) is 97.9 Å². The molecule has 0 spiro atoms. The van der Waals surface area contributed by atoms with E-state index in [2.05, 4.69) is 70.6 Å². The number of benzene rings is 2. The Balaban J connectivity index is 0.000000182. The minimum Gasteiger partial charge on any atom is -0.484 e. The van der Waals surface area contributed by atoms with Gasteiger partial charge in [-0.15, -0.1) is 15.3 Å². The molecule has 31 nitrogen and oxygen atoms in total. The third-order valence-corrected chi connectivity index (χ3v) is 17.4. The third-order valence-electron chi connectivity index (χ3n) is 15.8. The molecule has 4 fully saturated rings. The molecule has 107 heavy (non-hydrogen) atoms. The normalized spacial score (nSPS) is 14.5. The second-order valence-corrected chi connectivity index (χ2v) is 24.9. The Bertz CT molecular complexity index is 4240. The van der Waals surface area contributed by atoms with Gasteiger partial charge in [0.15, 0.2) is 23.0 Å². The van der Waals surface area contributed by atoms with Gasteiger partial charge in [-0.05, 0) is 93.6 Å². The van der Waals surface area contributed by atoms with E-state index in [0.29, 0.717) is 73.7 Å². The van der Waals surface area contributed by atoms with Crippen molar-refractivity contribution in [2.45, 2.75) is 40.4 Å². The fraction of sp³-hybridized carbons (Fsp3) is 0.319. The average Bonchev–Trinajstić information content (AvgIpc) is 0.816. The van der Waals surface area contributed by atoms with Crippen molar-refractivity contribution in [2.24, 2.45) is 0 Å². The Kier molecular flexibility index (Phi) is 31.1. The molecule has 4 saturated heterocycles. The molecule has 4 aliphatic rings. The molecule has 2 atom stereocenters. The van der Waals surface area contributed by atoms with Crippen LogP contribution in [-0.4, -0.2) is 172 Å². The number of ether oxygens (including phenoxy) is 6. The first-order chi connectivity index (χ1) is 51.0. The van der Waals surface area contributed by atoms with Crippen molar-refractivity contribution >= 4 is 127 Å². The molecular formula is C69H74Cl5F2N19O12. The number of aromatic nitrogens is 9. The zero-order valence-electron chi connectivity index (χ0n) is 57.0. The summed E-state index contributed by atoms with van der Waals surface area (Å²) in [7, 11) is 0. The van der Waals surface area contributed by atoms with E-state index >= 15 is 0 Å². The number of carbonyl (C=O) groups is 2. The highest BCUT2D eigenvalue weighted by Crippen LogP contribution is 2.38. The first kappa shape index (κ1) is 82.3. The van der Waals surface area contributed by atoms with Gasteiger partial charge in [0.25, 0.3) is 23.2 Å².